The molecule has 0 bridgehead atoms. The number of aliphatic imine (C=N–C) groups is 1. The molecule has 0 radical (unpaired) electrons. The molecular formula is C13H10NO-. The minimum Gasteiger partial charge on any atom is -0.872 e. The summed E-state index contributed by atoms with van der Waals surface area (Å²) < 4.78 is 0. The van der Waals surface area contributed by atoms with Gasteiger partial charge in [-0.1, -0.05) is 42.5 Å². The van der Waals surface area contributed by atoms with Gasteiger partial charge in [-0.3, -0.25) is 4.99 Å². The molecule has 0 spiro atoms. The highest BCUT2D eigenvalue weighted by Crippen LogP contribution is 2.13. The van der Waals surface area contributed by atoms with Gasteiger partial charge in [0.2, 0.25) is 0 Å². The third-order valence-corrected chi connectivity index (χ3v) is 2.03. The second kappa shape index (κ2) is 4.42. The van der Waals surface area contributed by atoms with Crippen molar-refractivity contribution in [3.8, 4) is 5.75 Å². The molecule has 15 heavy (non-hydrogen) atoms. The number of nitrogens with zero attached hydrogens (tertiary/aromatic N) is 1. The topological polar surface area (TPSA) is 35.4 Å². The monoisotopic (exact) mass is 196 g/mol. The third kappa shape index (κ3) is 2.44. The molecule has 0 amide bonds. The smallest absolute Gasteiger partial charge is 0.0629 e. The molecule has 0 aliphatic carbocycles. The zero-order valence-electron chi connectivity index (χ0n) is 8.13. The van der Waals surface area contributed by atoms with Crippen LogP contribution in [-0.4, -0.2) is 6.21 Å². The third-order valence-electron chi connectivity index (χ3n) is 2.03. The second-order valence-corrected chi connectivity index (χ2v) is 3.13. The molecule has 0 N–H and O–H groups in total. The molecule has 2 rings (SSSR count). The van der Waals surface area contributed by atoms with E-state index in [0.29, 0.717) is 5.56 Å². The molecule has 0 heterocycles. The molecule has 2 aromatic rings. The van der Waals surface area contributed by atoms with E-state index in [-0.39, 0.29) is 5.75 Å². The van der Waals surface area contributed by atoms with Crippen LogP contribution in [0.1, 0.15) is 5.56 Å². The van der Waals surface area contributed by atoms with Crippen molar-refractivity contribution in [3.63, 3.8) is 0 Å². The minimum atomic E-state index is -0.00261. The van der Waals surface area contributed by atoms with Crippen molar-refractivity contribution in [1.82, 2.24) is 0 Å². The quantitative estimate of drug-likeness (QED) is 0.680. The number of hydrogen-bond donors (Lipinski definition) is 0. The second-order valence-electron chi connectivity index (χ2n) is 3.13. The fraction of sp³-hybridized carbons (Fsp3) is 0. The van der Waals surface area contributed by atoms with Crippen LogP contribution in [0.15, 0.2) is 59.6 Å². The van der Waals surface area contributed by atoms with E-state index in [1.165, 1.54) is 6.07 Å². The van der Waals surface area contributed by atoms with Gasteiger partial charge < -0.3 is 5.11 Å². The van der Waals surface area contributed by atoms with Crippen LogP contribution in [0.3, 0.4) is 0 Å². The van der Waals surface area contributed by atoms with E-state index in [9.17, 15) is 5.11 Å². The van der Waals surface area contributed by atoms with Crippen LogP contribution in [0, 0.1) is 0 Å². The first-order chi connectivity index (χ1) is 7.36. The first-order valence-corrected chi connectivity index (χ1v) is 4.71. The summed E-state index contributed by atoms with van der Waals surface area (Å²) in [6.45, 7) is 0. The van der Waals surface area contributed by atoms with Crippen LogP contribution in [-0.2, 0) is 0 Å². The Kier molecular flexibility index (Phi) is 2.79. The Morgan fingerprint density at radius 3 is 2.27 bits per heavy atom. The molecule has 2 aromatic carbocycles. The van der Waals surface area contributed by atoms with Gasteiger partial charge in [0, 0.05) is 6.21 Å². The number of para-hydroxylation sites is 2. The zero-order valence-corrected chi connectivity index (χ0v) is 8.13. The summed E-state index contributed by atoms with van der Waals surface area (Å²) in [7, 11) is 0. The molecular weight excluding hydrogens is 186 g/mol. The van der Waals surface area contributed by atoms with E-state index in [1.54, 1.807) is 18.3 Å². The maximum absolute atomic E-state index is 11.3. The summed E-state index contributed by atoms with van der Waals surface area (Å²) in [6, 6.07) is 16.4. The average molecular weight is 196 g/mol. The lowest BCUT2D eigenvalue weighted by Crippen LogP contribution is -1.94. The van der Waals surface area contributed by atoms with E-state index in [0.717, 1.165) is 5.69 Å². The van der Waals surface area contributed by atoms with Gasteiger partial charge in [-0.05, 0) is 17.7 Å². The van der Waals surface area contributed by atoms with E-state index in [4.69, 9.17) is 0 Å². The summed E-state index contributed by atoms with van der Waals surface area (Å²) in [5.41, 5.74) is 1.46. The standard InChI is InChI=1S/C13H11NO/c15-13-9-5-4-6-11(13)10-14-12-7-2-1-3-8-12/h1-10,15H/p-1. The Morgan fingerprint density at radius 2 is 1.53 bits per heavy atom. The molecule has 2 nitrogen and oxygen atoms in total. The highest BCUT2D eigenvalue weighted by atomic mass is 16.3. The predicted octanol–water partition coefficient (Wildman–Crippen LogP) is 2.51. The van der Waals surface area contributed by atoms with Crippen LogP contribution in [0.2, 0.25) is 0 Å². The molecule has 74 valence electrons. The molecule has 2 heteroatoms. The SMILES string of the molecule is [O-]c1ccccc1C=Nc1ccccc1. The number of hydrogen-bond acceptors (Lipinski definition) is 2. The van der Waals surface area contributed by atoms with Crippen molar-refractivity contribution in [1.29, 1.82) is 0 Å². The summed E-state index contributed by atoms with van der Waals surface area (Å²) in [6.07, 6.45) is 1.59. The zero-order chi connectivity index (χ0) is 10.5. The fourth-order valence-electron chi connectivity index (χ4n) is 1.25. The first-order valence-electron chi connectivity index (χ1n) is 4.71. The molecule has 0 aliphatic rings. The Morgan fingerprint density at radius 1 is 0.867 bits per heavy atom. The van der Waals surface area contributed by atoms with Gasteiger partial charge in [0.1, 0.15) is 0 Å². The maximum Gasteiger partial charge on any atom is 0.0629 e. The van der Waals surface area contributed by atoms with Crippen molar-refractivity contribution in [3.05, 3.63) is 60.2 Å². The van der Waals surface area contributed by atoms with Crippen molar-refractivity contribution < 1.29 is 5.11 Å². The highest BCUT2D eigenvalue weighted by Gasteiger charge is 1.88. The molecule has 0 saturated carbocycles. The van der Waals surface area contributed by atoms with Crippen LogP contribution < -0.4 is 5.11 Å². The van der Waals surface area contributed by atoms with Crippen LogP contribution in [0.4, 0.5) is 5.69 Å². The maximum atomic E-state index is 11.3. The minimum absolute atomic E-state index is 0.00261. The fourth-order valence-corrected chi connectivity index (χ4v) is 1.25. The molecule has 0 saturated heterocycles. The number of rotatable bonds is 2. The lowest BCUT2D eigenvalue weighted by Gasteiger charge is -2.07. The van der Waals surface area contributed by atoms with E-state index in [2.05, 4.69) is 4.99 Å². The van der Waals surface area contributed by atoms with Crippen molar-refractivity contribution in [2.45, 2.75) is 0 Å². The molecule has 0 aromatic heterocycles. The molecule has 0 unspecified atom stereocenters. The number of benzene rings is 2. The van der Waals surface area contributed by atoms with Gasteiger partial charge in [-0.25, -0.2) is 0 Å². The van der Waals surface area contributed by atoms with Crippen molar-refractivity contribution in [2.24, 2.45) is 4.99 Å². The molecule has 0 aliphatic heterocycles. The Labute approximate surface area is 88.5 Å². The van der Waals surface area contributed by atoms with E-state index >= 15 is 0 Å². The van der Waals surface area contributed by atoms with Gasteiger partial charge in [-0.2, -0.15) is 0 Å². The summed E-state index contributed by atoms with van der Waals surface area (Å²) in [5, 5.41) is 11.3. The first kappa shape index (κ1) is 9.46. The van der Waals surface area contributed by atoms with Crippen molar-refractivity contribution >= 4 is 11.9 Å². The van der Waals surface area contributed by atoms with E-state index in [1.807, 2.05) is 36.4 Å². The van der Waals surface area contributed by atoms with Gasteiger partial charge >= 0.3 is 0 Å². The Balaban J connectivity index is 2.23. The van der Waals surface area contributed by atoms with E-state index < -0.39 is 0 Å². The van der Waals surface area contributed by atoms with Crippen LogP contribution in [0.25, 0.3) is 0 Å². The van der Waals surface area contributed by atoms with Gasteiger partial charge in [0.05, 0.1) is 5.69 Å². The summed E-state index contributed by atoms with van der Waals surface area (Å²) >= 11 is 0. The van der Waals surface area contributed by atoms with Crippen molar-refractivity contribution in [2.75, 3.05) is 0 Å². The average Bonchev–Trinajstić information content (AvgIpc) is 2.29. The van der Waals surface area contributed by atoms with Gasteiger partial charge in [0.15, 0.2) is 0 Å². The largest absolute Gasteiger partial charge is 0.872 e. The molecule has 0 atom stereocenters. The normalized spacial score (nSPS) is 10.7. The van der Waals surface area contributed by atoms with Gasteiger partial charge in [-0.15, -0.1) is 5.75 Å². The highest BCUT2D eigenvalue weighted by molar-refractivity contribution is 5.84. The summed E-state index contributed by atoms with van der Waals surface area (Å²) in [5.74, 6) is -0.00261. The Hall–Kier alpha value is -2.09. The lowest BCUT2D eigenvalue weighted by molar-refractivity contribution is -0.268. The Bertz CT molecular complexity index is 463. The summed E-state index contributed by atoms with van der Waals surface area (Å²) in [4.78, 5) is 4.21. The van der Waals surface area contributed by atoms with Gasteiger partial charge in [0.25, 0.3) is 0 Å². The lowest BCUT2D eigenvalue weighted by atomic mass is 10.2. The predicted molar refractivity (Wildman–Crippen MR) is 59.6 cm³/mol. The van der Waals surface area contributed by atoms with Crippen LogP contribution >= 0.6 is 0 Å². The van der Waals surface area contributed by atoms with Crippen LogP contribution in [0.5, 0.6) is 5.75 Å². The molecule has 0 fully saturated rings.